The van der Waals surface area contributed by atoms with Crippen LogP contribution in [0.3, 0.4) is 0 Å². The summed E-state index contributed by atoms with van der Waals surface area (Å²) in [6.07, 6.45) is 1.03. The molecule has 1 aromatic rings. The number of hydrogen-bond donors (Lipinski definition) is 1. The van der Waals surface area contributed by atoms with Crippen LogP contribution in [0.15, 0.2) is 0 Å². The average molecular weight is 193 g/mol. The van der Waals surface area contributed by atoms with Crippen LogP contribution in [0, 0.1) is 0 Å². The van der Waals surface area contributed by atoms with Gasteiger partial charge in [0, 0.05) is 18.7 Å². The molecule has 0 aliphatic carbocycles. The lowest BCUT2D eigenvalue weighted by Gasteiger charge is -2.34. The molecule has 4 heteroatoms. The molecule has 1 fully saturated rings. The minimum Gasteiger partial charge on any atom is -0.378 e. The van der Waals surface area contributed by atoms with Gasteiger partial charge in [-0.1, -0.05) is 6.92 Å². The van der Waals surface area contributed by atoms with Gasteiger partial charge in [0.25, 0.3) is 0 Å². The second-order valence-corrected chi connectivity index (χ2v) is 4.08. The second kappa shape index (κ2) is 3.07. The smallest absolute Gasteiger partial charge is 0.0667 e. The summed E-state index contributed by atoms with van der Waals surface area (Å²) >= 11 is 0. The predicted octanol–water partition coefficient (Wildman–Crippen LogP) is 0.686. The van der Waals surface area contributed by atoms with Crippen LogP contribution in [0.2, 0.25) is 0 Å². The molecule has 1 aromatic heterocycles. The van der Waals surface area contributed by atoms with E-state index < -0.39 is 0 Å². The Balaban J connectivity index is 1.79. The summed E-state index contributed by atoms with van der Waals surface area (Å²) in [6.45, 7) is 6.04. The Kier molecular flexibility index (Phi) is 1.85. The zero-order valence-electron chi connectivity index (χ0n) is 8.42. The number of fused-ring (bicyclic) bond motifs is 1. The van der Waals surface area contributed by atoms with Crippen molar-refractivity contribution in [3.05, 3.63) is 17.0 Å². The first kappa shape index (κ1) is 8.44. The van der Waals surface area contributed by atoms with E-state index >= 15 is 0 Å². The van der Waals surface area contributed by atoms with E-state index in [2.05, 4.69) is 22.0 Å². The van der Waals surface area contributed by atoms with Gasteiger partial charge in [-0.05, 0) is 6.42 Å². The quantitative estimate of drug-likeness (QED) is 0.751. The summed E-state index contributed by atoms with van der Waals surface area (Å²) in [5, 5.41) is 7.45. The van der Waals surface area contributed by atoms with Crippen molar-refractivity contribution in [2.24, 2.45) is 0 Å². The topological polar surface area (TPSA) is 41.2 Å². The monoisotopic (exact) mass is 193 g/mol. The highest BCUT2D eigenvalue weighted by Gasteiger charge is 2.32. The lowest BCUT2D eigenvalue weighted by Crippen LogP contribution is -2.46. The largest absolute Gasteiger partial charge is 0.378 e. The summed E-state index contributed by atoms with van der Waals surface area (Å²) in [4.78, 5) is 2.48. The van der Waals surface area contributed by atoms with E-state index in [-0.39, 0.29) is 0 Å². The molecule has 1 N–H and O–H groups in total. The maximum absolute atomic E-state index is 5.21. The predicted molar refractivity (Wildman–Crippen MR) is 51.8 cm³/mol. The van der Waals surface area contributed by atoms with Gasteiger partial charge in [0.2, 0.25) is 0 Å². The first-order valence-electron chi connectivity index (χ1n) is 5.25. The number of aromatic nitrogens is 2. The van der Waals surface area contributed by atoms with Gasteiger partial charge in [0.15, 0.2) is 0 Å². The lowest BCUT2D eigenvalue weighted by molar-refractivity contribution is -0.0673. The number of H-pyrrole nitrogens is 1. The Morgan fingerprint density at radius 1 is 1.50 bits per heavy atom. The summed E-state index contributed by atoms with van der Waals surface area (Å²) in [5.74, 6) is 0. The third kappa shape index (κ3) is 1.11. The van der Waals surface area contributed by atoms with Gasteiger partial charge >= 0.3 is 0 Å². The van der Waals surface area contributed by atoms with Crippen LogP contribution < -0.4 is 0 Å². The molecule has 0 aromatic carbocycles. The van der Waals surface area contributed by atoms with E-state index in [0.717, 1.165) is 32.7 Å². The van der Waals surface area contributed by atoms with Gasteiger partial charge in [-0.2, -0.15) is 5.10 Å². The third-order valence-electron chi connectivity index (χ3n) is 3.23. The van der Waals surface area contributed by atoms with Gasteiger partial charge in [0.05, 0.1) is 30.6 Å². The molecule has 3 heterocycles. The summed E-state index contributed by atoms with van der Waals surface area (Å²) < 4.78 is 5.21. The van der Waals surface area contributed by atoms with Crippen LogP contribution >= 0.6 is 0 Å². The van der Waals surface area contributed by atoms with Gasteiger partial charge in [0.1, 0.15) is 0 Å². The average Bonchev–Trinajstić information content (AvgIpc) is 2.59. The number of nitrogens with zero attached hydrogens (tertiary/aromatic N) is 2. The molecule has 1 saturated heterocycles. The zero-order valence-corrected chi connectivity index (χ0v) is 8.42. The Morgan fingerprint density at radius 3 is 3.00 bits per heavy atom. The Bertz CT molecular complexity index is 343. The van der Waals surface area contributed by atoms with E-state index in [0.29, 0.717) is 6.04 Å². The van der Waals surface area contributed by atoms with Crippen LogP contribution in [0.5, 0.6) is 0 Å². The summed E-state index contributed by atoms with van der Waals surface area (Å²) in [7, 11) is 0. The first-order valence-corrected chi connectivity index (χ1v) is 5.25. The fraction of sp³-hybridized carbons (Fsp3) is 0.700. The van der Waals surface area contributed by atoms with Crippen molar-refractivity contribution >= 4 is 0 Å². The van der Waals surface area contributed by atoms with E-state index in [1.54, 1.807) is 0 Å². The van der Waals surface area contributed by atoms with Crippen molar-refractivity contribution in [1.82, 2.24) is 15.1 Å². The van der Waals surface area contributed by atoms with E-state index in [9.17, 15) is 0 Å². The number of nitrogens with one attached hydrogen (secondary N) is 1. The number of ether oxygens (including phenoxy) is 1. The molecule has 14 heavy (non-hydrogen) atoms. The molecule has 76 valence electrons. The normalized spacial score (nSPS) is 22.4. The molecule has 0 bridgehead atoms. The molecular weight excluding hydrogens is 178 g/mol. The number of aromatic amines is 1. The van der Waals surface area contributed by atoms with Crippen molar-refractivity contribution in [3.63, 3.8) is 0 Å². The van der Waals surface area contributed by atoms with Crippen LogP contribution in [0.25, 0.3) is 0 Å². The van der Waals surface area contributed by atoms with Crippen molar-refractivity contribution in [2.75, 3.05) is 13.2 Å². The molecule has 3 rings (SSSR count). The van der Waals surface area contributed by atoms with Crippen molar-refractivity contribution in [3.8, 4) is 0 Å². The molecule has 0 amide bonds. The highest BCUT2D eigenvalue weighted by Crippen LogP contribution is 2.27. The molecule has 0 unspecified atom stereocenters. The molecule has 0 atom stereocenters. The molecule has 4 nitrogen and oxygen atoms in total. The molecule has 0 radical (unpaired) electrons. The minimum absolute atomic E-state index is 0.639. The van der Waals surface area contributed by atoms with Crippen molar-refractivity contribution in [2.45, 2.75) is 32.5 Å². The lowest BCUT2D eigenvalue weighted by atomic mass is 10.2. The van der Waals surface area contributed by atoms with E-state index in [4.69, 9.17) is 4.74 Å². The SMILES string of the molecule is CCc1n[nH]c2c1CN(C1COC1)C2. The third-order valence-corrected chi connectivity index (χ3v) is 3.23. The van der Waals surface area contributed by atoms with Crippen molar-refractivity contribution < 1.29 is 4.74 Å². The van der Waals surface area contributed by atoms with Crippen LogP contribution in [-0.2, 0) is 24.2 Å². The maximum atomic E-state index is 5.21. The Morgan fingerprint density at radius 2 is 2.36 bits per heavy atom. The van der Waals surface area contributed by atoms with E-state index in [1.807, 2.05) is 0 Å². The minimum atomic E-state index is 0.639. The van der Waals surface area contributed by atoms with Gasteiger partial charge < -0.3 is 4.74 Å². The molecule has 0 saturated carbocycles. The fourth-order valence-electron chi connectivity index (χ4n) is 2.21. The van der Waals surface area contributed by atoms with Crippen LogP contribution in [0.4, 0.5) is 0 Å². The van der Waals surface area contributed by atoms with Crippen LogP contribution in [-0.4, -0.2) is 34.4 Å². The zero-order chi connectivity index (χ0) is 9.54. The standard InChI is InChI=1S/C10H15N3O/c1-2-9-8-3-13(7-5-14-6-7)4-10(8)12-11-9/h7H,2-6H2,1H3,(H,11,12). The van der Waals surface area contributed by atoms with E-state index in [1.165, 1.54) is 17.0 Å². The molecule has 2 aliphatic heterocycles. The highest BCUT2D eigenvalue weighted by molar-refractivity contribution is 5.29. The van der Waals surface area contributed by atoms with Gasteiger partial charge in [-0.25, -0.2) is 0 Å². The second-order valence-electron chi connectivity index (χ2n) is 4.08. The number of rotatable bonds is 2. The molecule has 0 spiro atoms. The van der Waals surface area contributed by atoms with Crippen molar-refractivity contribution in [1.29, 1.82) is 0 Å². The number of hydrogen-bond acceptors (Lipinski definition) is 3. The molecular formula is C10H15N3O. The van der Waals surface area contributed by atoms with Crippen LogP contribution in [0.1, 0.15) is 23.9 Å². The Hall–Kier alpha value is -0.870. The Labute approximate surface area is 83.2 Å². The summed E-state index contributed by atoms with van der Waals surface area (Å²) in [5.41, 5.74) is 3.98. The van der Waals surface area contributed by atoms with Gasteiger partial charge in [-0.3, -0.25) is 10.00 Å². The maximum Gasteiger partial charge on any atom is 0.0667 e. The highest BCUT2D eigenvalue weighted by atomic mass is 16.5. The van der Waals surface area contributed by atoms with Gasteiger partial charge in [-0.15, -0.1) is 0 Å². The first-order chi connectivity index (χ1) is 6.88. The number of aryl methyl sites for hydroxylation is 1. The fourth-order valence-corrected chi connectivity index (χ4v) is 2.21. The summed E-state index contributed by atoms with van der Waals surface area (Å²) in [6, 6.07) is 0.639. The molecule has 2 aliphatic rings.